The van der Waals surface area contributed by atoms with E-state index in [-0.39, 0.29) is 27.2 Å². The van der Waals surface area contributed by atoms with E-state index in [2.05, 4.69) is 31.4 Å². The van der Waals surface area contributed by atoms with Crippen LogP contribution in [0.2, 0.25) is 0 Å². The Kier molecular flexibility index (Phi) is 5.67. The number of hydrazone groups is 1. The molecule has 2 N–H and O–H groups in total. The number of benzene rings is 2. The summed E-state index contributed by atoms with van der Waals surface area (Å²) in [6.07, 6.45) is 1.26. The Labute approximate surface area is 166 Å². The van der Waals surface area contributed by atoms with Crippen LogP contribution in [0.5, 0.6) is 11.5 Å². The van der Waals surface area contributed by atoms with Crippen molar-refractivity contribution < 1.29 is 14.8 Å². The average molecular weight is 449 g/mol. The highest BCUT2D eigenvalue weighted by molar-refractivity contribution is 9.10. The van der Waals surface area contributed by atoms with Gasteiger partial charge in [-0.3, -0.25) is 15.5 Å². The predicted molar refractivity (Wildman–Crippen MR) is 108 cm³/mol. The summed E-state index contributed by atoms with van der Waals surface area (Å²) in [6, 6.07) is 10.8. The number of nitro benzene ring substituents is 1. The quantitative estimate of drug-likeness (QED) is 0.322. The topological polar surface area (TPSA) is 110 Å². The number of hydrogen-bond acceptors (Lipinski definition) is 8. The number of halogens is 1. The summed E-state index contributed by atoms with van der Waals surface area (Å²) in [5, 5.41) is 27.8. The van der Waals surface area contributed by atoms with Gasteiger partial charge in [0.15, 0.2) is 11.5 Å². The highest BCUT2D eigenvalue weighted by atomic mass is 79.9. The van der Waals surface area contributed by atoms with Crippen molar-refractivity contribution in [3.05, 3.63) is 61.9 Å². The van der Waals surface area contributed by atoms with Crippen LogP contribution in [-0.2, 0) is 0 Å². The minimum absolute atomic E-state index is 0.0213. The molecule has 0 amide bonds. The summed E-state index contributed by atoms with van der Waals surface area (Å²) < 4.78 is 5.08. The van der Waals surface area contributed by atoms with E-state index in [1.165, 1.54) is 24.7 Å². The first-order valence-electron chi connectivity index (χ1n) is 7.55. The number of nitrogens with one attached hydrogen (secondary N) is 1. The van der Waals surface area contributed by atoms with E-state index in [1.54, 1.807) is 0 Å². The molecule has 3 rings (SSSR count). The number of nitro groups is 1. The number of phenolic OH excluding ortho intramolecular Hbond substituents is 1. The van der Waals surface area contributed by atoms with Crippen LogP contribution in [-0.4, -0.2) is 28.3 Å². The van der Waals surface area contributed by atoms with Crippen LogP contribution in [0.1, 0.15) is 5.56 Å². The van der Waals surface area contributed by atoms with Crippen LogP contribution in [0, 0.1) is 10.1 Å². The van der Waals surface area contributed by atoms with Gasteiger partial charge in [-0.05, 0) is 15.9 Å². The minimum Gasteiger partial charge on any atom is -0.504 e. The van der Waals surface area contributed by atoms with Gasteiger partial charge in [0, 0.05) is 10.9 Å². The van der Waals surface area contributed by atoms with Crippen molar-refractivity contribution in [3.63, 3.8) is 0 Å². The van der Waals surface area contributed by atoms with E-state index < -0.39 is 4.92 Å². The molecule has 0 unspecified atom stereocenters. The average Bonchev–Trinajstić information content (AvgIpc) is 3.14. The molecule has 0 saturated carbocycles. The Balaban J connectivity index is 1.84. The SMILES string of the molecule is COc1cc([N+](=O)[O-])c(Br)c(C=NNc2nc(-c3ccccc3)cs2)c1O. The van der Waals surface area contributed by atoms with Gasteiger partial charge >= 0.3 is 0 Å². The zero-order valence-electron chi connectivity index (χ0n) is 13.9. The van der Waals surface area contributed by atoms with Crippen molar-refractivity contribution in [3.8, 4) is 22.8 Å². The second kappa shape index (κ2) is 8.14. The number of aromatic nitrogens is 1. The van der Waals surface area contributed by atoms with Crippen molar-refractivity contribution >= 4 is 44.3 Å². The molecule has 0 saturated heterocycles. The highest BCUT2D eigenvalue weighted by Crippen LogP contribution is 2.40. The molecule has 27 heavy (non-hydrogen) atoms. The fourth-order valence-electron chi connectivity index (χ4n) is 2.26. The van der Waals surface area contributed by atoms with Crippen molar-refractivity contribution in [2.45, 2.75) is 0 Å². The van der Waals surface area contributed by atoms with Crippen molar-refractivity contribution in [2.24, 2.45) is 5.10 Å². The monoisotopic (exact) mass is 448 g/mol. The zero-order chi connectivity index (χ0) is 19.4. The molecular formula is C17H13BrN4O4S. The van der Waals surface area contributed by atoms with E-state index >= 15 is 0 Å². The number of aromatic hydroxyl groups is 1. The first kappa shape index (κ1) is 18.8. The zero-order valence-corrected chi connectivity index (χ0v) is 16.3. The number of phenols is 1. The van der Waals surface area contributed by atoms with Crippen LogP contribution >= 0.6 is 27.3 Å². The Morgan fingerprint density at radius 2 is 2.15 bits per heavy atom. The normalized spacial score (nSPS) is 10.9. The van der Waals surface area contributed by atoms with E-state index in [1.807, 2.05) is 35.7 Å². The van der Waals surface area contributed by atoms with Crippen LogP contribution < -0.4 is 10.2 Å². The van der Waals surface area contributed by atoms with Crippen LogP contribution in [0.25, 0.3) is 11.3 Å². The summed E-state index contributed by atoms with van der Waals surface area (Å²) in [5.74, 6) is -0.281. The lowest BCUT2D eigenvalue weighted by molar-refractivity contribution is -0.385. The van der Waals surface area contributed by atoms with Gasteiger partial charge in [-0.1, -0.05) is 30.3 Å². The van der Waals surface area contributed by atoms with Gasteiger partial charge in [-0.15, -0.1) is 11.3 Å². The maximum Gasteiger partial charge on any atom is 0.288 e. The van der Waals surface area contributed by atoms with E-state index in [9.17, 15) is 15.2 Å². The fourth-order valence-corrected chi connectivity index (χ4v) is 3.47. The molecule has 8 nitrogen and oxygen atoms in total. The Morgan fingerprint density at radius 1 is 1.41 bits per heavy atom. The molecule has 0 aliphatic rings. The lowest BCUT2D eigenvalue weighted by Gasteiger charge is -2.08. The Bertz CT molecular complexity index is 1010. The summed E-state index contributed by atoms with van der Waals surface area (Å²) >= 11 is 4.49. The maximum atomic E-state index is 11.2. The number of anilines is 1. The molecule has 1 aromatic heterocycles. The van der Waals surface area contributed by atoms with Crippen molar-refractivity contribution in [1.82, 2.24) is 4.98 Å². The highest BCUT2D eigenvalue weighted by Gasteiger charge is 2.22. The molecule has 0 atom stereocenters. The number of nitrogens with zero attached hydrogens (tertiary/aromatic N) is 3. The number of thiazole rings is 1. The molecule has 138 valence electrons. The van der Waals surface area contributed by atoms with Crippen LogP contribution in [0.15, 0.2) is 51.4 Å². The molecule has 10 heteroatoms. The number of ether oxygens (including phenoxy) is 1. The van der Waals surface area contributed by atoms with Gasteiger partial charge < -0.3 is 9.84 Å². The van der Waals surface area contributed by atoms with Crippen LogP contribution in [0.4, 0.5) is 10.8 Å². The standard InChI is InChI=1S/C17H13BrN4O4S/c1-26-14-7-13(22(24)25)15(18)11(16(14)23)8-19-21-17-20-12(9-27-17)10-5-3-2-4-6-10/h2-9,23H,1H3,(H,20,21). The lowest BCUT2D eigenvalue weighted by Crippen LogP contribution is -1.98. The molecule has 2 aromatic carbocycles. The van der Waals surface area contributed by atoms with Crippen molar-refractivity contribution in [2.75, 3.05) is 12.5 Å². The molecule has 0 aliphatic carbocycles. The summed E-state index contributed by atoms with van der Waals surface area (Å²) in [4.78, 5) is 15.0. The van der Waals surface area contributed by atoms with E-state index in [0.717, 1.165) is 17.3 Å². The summed E-state index contributed by atoms with van der Waals surface area (Å²) in [6.45, 7) is 0. The molecular weight excluding hydrogens is 436 g/mol. The molecule has 3 aromatic rings. The second-order valence-corrected chi connectivity index (χ2v) is 6.86. The number of methoxy groups -OCH3 is 1. The third-order valence-electron chi connectivity index (χ3n) is 3.56. The molecule has 1 heterocycles. The Morgan fingerprint density at radius 3 is 2.81 bits per heavy atom. The smallest absolute Gasteiger partial charge is 0.288 e. The largest absolute Gasteiger partial charge is 0.504 e. The molecule has 0 spiro atoms. The second-order valence-electron chi connectivity index (χ2n) is 5.21. The first-order chi connectivity index (χ1) is 13.0. The third-order valence-corrected chi connectivity index (χ3v) is 5.14. The van der Waals surface area contributed by atoms with E-state index in [0.29, 0.717) is 5.13 Å². The maximum absolute atomic E-state index is 11.2. The van der Waals surface area contributed by atoms with Gasteiger partial charge in [-0.2, -0.15) is 5.10 Å². The number of hydrogen-bond donors (Lipinski definition) is 2. The van der Waals surface area contributed by atoms with Gasteiger partial charge in [0.1, 0.15) is 4.47 Å². The van der Waals surface area contributed by atoms with Gasteiger partial charge in [0.25, 0.3) is 5.69 Å². The van der Waals surface area contributed by atoms with Gasteiger partial charge in [0.2, 0.25) is 5.13 Å². The fraction of sp³-hybridized carbons (Fsp3) is 0.0588. The number of rotatable bonds is 6. The molecule has 0 radical (unpaired) electrons. The lowest BCUT2D eigenvalue weighted by atomic mass is 10.1. The minimum atomic E-state index is -0.580. The van der Waals surface area contributed by atoms with Gasteiger partial charge in [-0.25, -0.2) is 4.98 Å². The van der Waals surface area contributed by atoms with Crippen molar-refractivity contribution in [1.29, 1.82) is 0 Å². The first-order valence-corrected chi connectivity index (χ1v) is 9.22. The summed E-state index contributed by atoms with van der Waals surface area (Å²) in [5.41, 5.74) is 4.42. The van der Waals surface area contributed by atoms with Crippen LogP contribution in [0.3, 0.4) is 0 Å². The third kappa shape index (κ3) is 4.07. The summed E-state index contributed by atoms with van der Waals surface area (Å²) in [7, 11) is 1.31. The Hall–Kier alpha value is -2.98. The van der Waals surface area contributed by atoms with Gasteiger partial charge in [0.05, 0.1) is 35.6 Å². The predicted octanol–water partition coefficient (Wildman–Crippen LogP) is 4.64. The van der Waals surface area contributed by atoms with E-state index in [4.69, 9.17) is 4.74 Å². The molecule has 0 aliphatic heterocycles. The molecule has 0 fully saturated rings. The molecule has 0 bridgehead atoms.